The molecule has 0 radical (unpaired) electrons. The lowest BCUT2D eigenvalue weighted by Crippen LogP contribution is -2.15. The Kier molecular flexibility index (Phi) is 47.3. The van der Waals surface area contributed by atoms with Gasteiger partial charge in [0, 0.05) is 24.3 Å². The van der Waals surface area contributed by atoms with Gasteiger partial charge < -0.3 is 14.8 Å². The third-order valence-electron chi connectivity index (χ3n) is 9.43. The van der Waals surface area contributed by atoms with E-state index in [1.807, 2.05) is 36.4 Å². The predicted molar refractivity (Wildman–Crippen MR) is 254 cm³/mol. The highest BCUT2D eigenvalue weighted by Gasteiger charge is 2.10. The summed E-state index contributed by atoms with van der Waals surface area (Å²) in [5.74, 6) is -1.42. The maximum Gasteiger partial charge on any atom is 0.338 e. The highest BCUT2D eigenvalue weighted by molar-refractivity contribution is 6.04. The van der Waals surface area contributed by atoms with Crippen molar-refractivity contribution < 1.29 is 23.9 Å². The van der Waals surface area contributed by atoms with Gasteiger partial charge >= 0.3 is 17.9 Å². The summed E-state index contributed by atoms with van der Waals surface area (Å²) in [5, 5.41) is 3.48. The molecule has 0 saturated carbocycles. The third kappa shape index (κ3) is 43.9. The number of esters is 3. The van der Waals surface area contributed by atoms with Crippen molar-refractivity contribution in [3.63, 3.8) is 0 Å². The van der Waals surface area contributed by atoms with E-state index in [9.17, 15) is 14.4 Å². The number of carbonyl (C=O) groups is 3. The Balaban J connectivity index is -0.000000745. The van der Waals surface area contributed by atoms with E-state index in [1.165, 1.54) is 160 Å². The lowest BCUT2D eigenvalue weighted by molar-refractivity contribution is -0.150. The van der Waals surface area contributed by atoms with Crippen LogP contribution in [0.1, 0.15) is 200 Å². The van der Waals surface area contributed by atoms with Crippen LogP contribution in [0.4, 0.5) is 0 Å². The molecule has 1 aliphatic heterocycles. The average molecular weight is 829 g/mol. The van der Waals surface area contributed by atoms with Crippen molar-refractivity contribution in [2.45, 2.75) is 189 Å². The predicted octanol–water partition coefficient (Wildman–Crippen LogP) is 15.1. The highest BCUT2D eigenvalue weighted by Crippen LogP contribution is 2.14. The minimum Gasteiger partial charge on any atom is -0.462 e. The number of benzene rings is 1. The summed E-state index contributed by atoms with van der Waals surface area (Å²) in [5.41, 5.74) is 4.17. The van der Waals surface area contributed by atoms with Crippen LogP contribution in [-0.4, -0.2) is 37.6 Å². The van der Waals surface area contributed by atoms with Crippen molar-refractivity contribution in [3.8, 4) is 0 Å². The van der Waals surface area contributed by atoms with Crippen molar-refractivity contribution in [2.75, 3.05) is 19.7 Å². The SMILES string of the molecule is C=C(C)C(=O)OCCCCCCCCCCCC.C=Cc1ccccc1C=C.CCCCCCCCCCCCCCCCNCC=C(C)C.Cl.O=C1C=CC(=O)O1. The average Bonchev–Trinajstić information content (AvgIpc) is 3.60. The molecule has 58 heavy (non-hydrogen) atoms. The lowest BCUT2D eigenvalue weighted by atomic mass is 10.0. The fourth-order valence-electron chi connectivity index (χ4n) is 5.89. The molecule has 0 spiro atoms. The molecular formula is C51H86ClNO5. The molecule has 1 aliphatic rings. The fourth-order valence-corrected chi connectivity index (χ4v) is 5.89. The Morgan fingerprint density at radius 2 is 0.983 bits per heavy atom. The normalized spacial score (nSPS) is 11.0. The second-order valence-corrected chi connectivity index (χ2v) is 15.3. The summed E-state index contributed by atoms with van der Waals surface area (Å²) < 4.78 is 9.01. The van der Waals surface area contributed by atoms with Gasteiger partial charge in [-0.15, -0.1) is 12.4 Å². The van der Waals surface area contributed by atoms with Gasteiger partial charge in [0.1, 0.15) is 0 Å². The number of hydrogen-bond acceptors (Lipinski definition) is 6. The van der Waals surface area contributed by atoms with Crippen molar-refractivity contribution in [3.05, 3.63) is 84.5 Å². The van der Waals surface area contributed by atoms with Gasteiger partial charge in [0.15, 0.2) is 0 Å². The number of cyclic esters (lactones) is 2. The minimum atomic E-state index is -0.579. The van der Waals surface area contributed by atoms with E-state index in [1.54, 1.807) is 6.92 Å². The summed E-state index contributed by atoms with van der Waals surface area (Å²) >= 11 is 0. The van der Waals surface area contributed by atoms with Crippen LogP contribution >= 0.6 is 12.4 Å². The molecule has 332 valence electrons. The van der Waals surface area contributed by atoms with E-state index in [2.05, 4.69) is 63.6 Å². The van der Waals surface area contributed by atoms with E-state index in [0.717, 1.165) is 36.2 Å². The summed E-state index contributed by atoms with van der Waals surface area (Å²) in [4.78, 5) is 30.9. The lowest BCUT2D eigenvalue weighted by Gasteiger charge is -2.04. The van der Waals surface area contributed by atoms with Crippen LogP contribution < -0.4 is 5.32 Å². The van der Waals surface area contributed by atoms with Gasteiger partial charge in [-0.05, 0) is 51.3 Å². The van der Waals surface area contributed by atoms with Gasteiger partial charge in [-0.2, -0.15) is 0 Å². The maximum atomic E-state index is 11.1. The first kappa shape index (κ1) is 59.1. The van der Waals surface area contributed by atoms with Crippen LogP contribution in [0.15, 0.2) is 73.4 Å². The molecule has 0 saturated heterocycles. The monoisotopic (exact) mass is 828 g/mol. The molecule has 1 N–H and O–H groups in total. The molecular weight excluding hydrogens is 742 g/mol. The molecule has 0 fully saturated rings. The van der Waals surface area contributed by atoms with E-state index >= 15 is 0 Å². The molecule has 1 heterocycles. The van der Waals surface area contributed by atoms with E-state index < -0.39 is 11.9 Å². The summed E-state index contributed by atoms with van der Waals surface area (Å²) in [7, 11) is 0. The number of allylic oxidation sites excluding steroid dienone is 1. The van der Waals surface area contributed by atoms with Crippen LogP contribution in [0.3, 0.4) is 0 Å². The number of carbonyl (C=O) groups excluding carboxylic acids is 3. The second-order valence-electron chi connectivity index (χ2n) is 15.3. The topological polar surface area (TPSA) is 81.7 Å². The van der Waals surface area contributed by atoms with Crippen LogP contribution in [0.2, 0.25) is 0 Å². The van der Waals surface area contributed by atoms with Gasteiger partial charge in [0.2, 0.25) is 0 Å². The highest BCUT2D eigenvalue weighted by atomic mass is 35.5. The molecule has 0 bridgehead atoms. The smallest absolute Gasteiger partial charge is 0.338 e. The molecule has 0 atom stereocenters. The Hall–Kier alpha value is -3.22. The van der Waals surface area contributed by atoms with Gasteiger partial charge in [0.25, 0.3) is 0 Å². The zero-order chi connectivity index (χ0) is 42.6. The Bertz CT molecular complexity index is 1190. The maximum absolute atomic E-state index is 11.1. The molecule has 2 rings (SSSR count). The summed E-state index contributed by atoms with van der Waals surface area (Å²) in [6, 6.07) is 8.02. The summed E-state index contributed by atoms with van der Waals surface area (Å²) in [6.07, 6.45) is 41.2. The molecule has 7 heteroatoms. The standard InChI is InChI=1S/C21H43N.C16H30O2.C10H10.C4H2O3.ClH/c1-4-5-6-7-8-9-10-11-12-13-14-15-16-17-19-22-20-18-21(2)3;1-4-5-6-7-8-9-10-11-12-13-14-18-16(17)15(2)3;1-3-9-7-5-6-8-10(9)4-2;5-3-1-2-4(6)7-3;/h18,22H,4-17,19-20H2,1-3H3;2,4-14H2,1,3H3;3-8H,1-2H2;1-2H;1H. The van der Waals surface area contributed by atoms with Gasteiger partial charge in [-0.1, -0.05) is 223 Å². The zero-order valence-corrected chi connectivity index (χ0v) is 38.7. The van der Waals surface area contributed by atoms with Gasteiger partial charge in [-0.3, -0.25) is 0 Å². The van der Waals surface area contributed by atoms with Gasteiger partial charge in [0.05, 0.1) is 6.61 Å². The molecule has 6 nitrogen and oxygen atoms in total. The van der Waals surface area contributed by atoms with Crippen molar-refractivity contribution >= 4 is 42.5 Å². The number of nitrogens with one attached hydrogen (secondary N) is 1. The van der Waals surface area contributed by atoms with Crippen molar-refractivity contribution in [2.24, 2.45) is 0 Å². The molecule has 0 aliphatic carbocycles. The third-order valence-corrected chi connectivity index (χ3v) is 9.43. The van der Waals surface area contributed by atoms with E-state index in [4.69, 9.17) is 4.74 Å². The second kappa shape index (κ2) is 46.5. The largest absolute Gasteiger partial charge is 0.462 e. The van der Waals surface area contributed by atoms with E-state index in [0.29, 0.717) is 12.2 Å². The van der Waals surface area contributed by atoms with Crippen molar-refractivity contribution in [1.82, 2.24) is 5.32 Å². The number of unbranched alkanes of at least 4 members (excludes halogenated alkanes) is 22. The number of rotatable bonds is 31. The van der Waals surface area contributed by atoms with Crippen LogP contribution in [0, 0.1) is 0 Å². The zero-order valence-electron chi connectivity index (χ0n) is 37.9. The summed E-state index contributed by atoms with van der Waals surface area (Å²) in [6.45, 7) is 24.2. The molecule has 0 aromatic heterocycles. The quantitative estimate of drug-likeness (QED) is 0.0264. The first-order chi connectivity index (χ1) is 27.6. The molecule has 1 aromatic carbocycles. The van der Waals surface area contributed by atoms with Crippen LogP contribution in [0.25, 0.3) is 12.2 Å². The minimum absolute atomic E-state index is 0. The molecule has 1 aromatic rings. The van der Waals surface area contributed by atoms with Crippen molar-refractivity contribution in [1.29, 1.82) is 0 Å². The number of ether oxygens (including phenoxy) is 2. The number of hydrogen-bond donors (Lipinski definition) is 1. The Morgan fingerprint density at radius 1 is 0.621 bits per heavy atom. The number of halogens is 1. The molecule has 0 amide bonds. The Morgan fingerprint density at radius 3 is 1.29 bits per heavy atom. The first-order valence-electron chi connectivity index (χ1n) is 22.6. The first-order valence-corrected chi connectivity index (χ1v) is 22.6. The van der Waals surface area contributed by atoms with Crippen LogP contribution in [-0.2, 0) is 23.9 Å². The van der Waals surface area contributed by atoms with Gasteiger partial charge in [-0.25, -0.2) is 14.4 Å². The fraction of sp³-hybridized carbons (Fsp3) is 0.627. The molecule has 0 unspecified atom stereocenters. The Labute approximate surface area is 363 Å². The van der Waals surface area contributed by atoms with E-state index in [-0.39, 0.29) is 18.4 Å². The van der Waals surface area contributed by atoms with Crippen LogP contribution in [0.5, 0.6) is 0 Å².